The van der Waals surface area contributed by atoms with Gasteiger partial charge in [-0.25, -0.2) is 0 Å². The number of likely N-dealkylation sites (tertiary alicyclic amines) is 1. The molecule has 0 aliphatic carbocycles. The Morgan fingerprint density at radius 1 is 0.792 bits per heavy atom. The number of piperidine rings is 2. The molecule has 0 saturated carbocycles. The Bertz CT molecular complexity index is 626. The largest absolute Gasteiger partial charge is 0.316 e. The lowest BCUT2D eigenvalue weighted by Gasteiger charge is -2.55. The van der Waals surface area contributed by atoms with Crippen molar-refractivity contribution in [1.29, 1.82) is 0 Å². The van der Waals surface area contributed by atoms with Gasteiger partial charge >= 0.3 is 0 Å². The maximum absolute atomic E-state index is 3.68. The van der Waals surface area contributed by atoms with E-state index in [2.05, 4.69) is 84.7 Å². The highest BCUT2D eigenvalue weighted by Gasteiger charge is 2.47. The molecule has 0 unspecified atom stereocenters. The molecule has 4 rings (SSSR count). The van der Waals surface area contributed by atoms with Crippen molar-refractivity contribution < 1.29 is 0 Å². The van der Waals surface area contributed by atoms with Crippen molar-refractivity contribution in [2.24, 2.45) is 10.8 Å². The summed E-state index contributed by atoms with van der Waals surface area (Å²) in [5.41, 5.74) is 3.55. The van der Waals surface area contributed by atoms with Crippen molar-refractivity contribution in [3.63, 3.8) is 0 Å². The van der Waals surface area contributed by atoms with Gasteiger partial charge in [0.05, 0.1) is 6.04 Å². The van der Waals surface area contributed by atoms with E-state index in [1.807, 2.05) is 0 Å². The van der Waals surface area contributed by atoms with Gasteiger partial charge in [-0.15, -0.1) is 0 Å². The van der Waals surface area contributed by atoms with Gasteiger partial charge in [-0.05, 0) is 28.4 Å². The summed E-state index contributed by atoms with van der Waals surface area (Å²) < 4.78 is 0. The Kier molecular flexibility index (Phi) is 3.98. The molecule has 2 aromatic carbocycles. The second kappa shape index (κ2) is 6.02. The molecule has 0 aromatic heterocycles. The molecule has 2 aliphatic rings. The highest BCUT2D eigenvalue weighted by Crippen LogP contribution is 2.46. The van der Waals surface area contributed by atoms with E-state index in [9.17, 15) is 0 Å². The lowest BCUT2D eigenvalue weighted by molar-refractivity contribution is -0.0332. The van der Waals surface area contributed by atoms with Gasteiger partial charge in [-0.2, -0.15) is 0 Å². The second-order valence-electron chi connectivity index (χ2n) is 8.53. The molecule has 2 heterocycles. The third kappa shape index (κ3) is 3.01. The molecular formula is C22H28N2. The van der Waals surface area contributed by atoms with Crippen LogP contribution in [0, 0.1) is 10.8 Å². The van der Waals surface area contributed by atoms with E-state index in [1.54, 1.807) is 0 Å². The van der Waals surface area contributed by atoms with Gasteiger partial charge in [0.1, 0.15) is 0 Å². The number of rotatable bonds is 3. The quantitative estimate of drug-likeness (QED) is 0.916. The fraction of sp³-hybridized carbons (Fsp3) is 0.455. The molecule has 0 spiro atoms. The Hall–Kier alpha value is -1.64. The van der Waals surface area contributed by atoms with Crippen molar-refractivity contribution in [2.75, 3.05) is 26.2 Å². The molecule has 2 nitrogen and oxygen atoms in total. The molecule has 2 fully saturated rings. The lowest BCUT2D eigenvalue weighted by atomic mass is 9.65. The molecule has 0 amide bonds. The minimum atomic E-state index is 0.351. The summed E-state index contributed by atoms with van der Waals surface area (Å²) in [6.45, 7) is 9.49. The standard InChI is InChI=1S/C22H28N2/c1-21-13-22(2,15-23-14-21)17-24(16-21)20(18-9-5-3-6-10-18)19-11-7-4-8-12-19/h3-12,20,23H,13-17H2,1-2H3/t21-,22-/m0/s1. The molecule has 2 atom stereocenters. The molecule has 0 radical (unpaired) electrons. The SMILES string of the molecule is C[C@]12CNC[C@@](C)(CN(C(c3ccccc3)c3ccccc3)C1)C2. The summed E-state index contributed by atoms with van der Waals surface area (Å²) in [6, 6.07) is 22.4. The van der Waals surface area contributed by atoms with Gasteiger partial charge < -0.3 is 5.32 Å². The topological polar surface area (TPSA) is 15.3 Å². The van der Waals surface area contributed by atoms with Crippen LogP contribution in [0.3, 0.4) is 0 Å². The average molecular weight is 320 g/mol. The van der Waals surface area contributed by atoms with Gasteiger partial charge in [-0.3, -0.25) is 4.90 Å². The van der Waals surface area contributed by atoms with Crippen LogP contribution in [-0.4, -0.2) is 31.1 Å². The van der Waals surface area contributed by atoms with Gasteiger partial charge in [0, 0.05) is 26.2 Å². The summed E-state index contributed by atoms with van der Waals surface area (Å²) in [7, 11) is 0. The van der Waals surface area contributed by atoms with Gasteiger partial charge in [0.25, 0.3) is 0 Å². The molecule has 2 aliphatic heterocycles. The van der Waals surface area contributed by atoms with Crippen LogP contribution in [0.15, 0.2) is 60.7 Å². The zero-order valence-corrected chi connectivity index (χ0v) is 14.8. The number of hydrogen-bond donors (Lipinski definition) is 1. The van der Waals surface area contributed by atoms with Gasteiger partial charge in [0.2, 0.25) is 0 Å². The summed E-state index contributed by atoms with van der Waals surface area (Å²) in [5.74, 6) is 0. The monoisotopic (exact) mass is 320 g/mol. The van der Waals surface area contributed by atoms with E-state index in [0.29, 0.717) is 16.9 Å². The van der Waals surface area contributed by atoms with Crippen LogP contribution < -0.4 is 5.32 Å². The van der Waals surface area contributed by atoms with E-state index in [1.165, 1.54) is 17.5 Å². The third-order valence-electron chi connectivity index (χ3n) is 5.72. The summed E-state index contributed by atoms with van der Waals surface area (Å²) in [4.78, 5) is 2.73. The average Bonchev–Trinajstić information content (AvgIpc) is 2.55. The Labute approximate surface area is 145 Å². The van der Waals surface area contributed by atoms with Crippen LogP contribution >= 0.6 is 0 Å². The minimum Gasteiger partial charge on any atom is -0.316 e. The van der Waals surface area contributed by atoms with Crippen molar-refractivity contribution in [2.45, 2.75) is 26.3 Å². The Morgan fingerprint density at radius 3 is 1.71 bits per heavy atom. The van der Waals surface area contributed by atoms with Gasteiger partial charge in [0.15, 0.2) is 0 Å². The summed E-state index contributed by atoms with van der Waals surface area (Å²) in [5, 5.41) is 3.68. The lowest BCUT2D eigenvalue weighted by Crippen LogP contribution is -2.61. The van der Waals surface area contributed by atoms with E-state index >= 15 is 0 Å². The number of nitrogens with zero attached hydrogens (tertiary/aromatic N) is 1. The molecular weight excluding hydrogens is 292 g/mol. The fourth-order valence-electron chi connectivity index (χ4n) is 5.15. The van der Waals surface area contributed by atoms with Crippen molar-refractivity contribution >= 4 is 0 Å². The predicted octanol–water partition coefficient (Wildman–Crippen LogP) is 4.10. The van der Waals surface area contributed by atoms with E-state index in [4.69, 9.17) is 0 Å². The minimum absolute atomic E-state index is 0.351. The zero-order chi connectivity index (χ0) is 16.6. The summed E-state index contributed by atoms with van der Waals surface area (Å²) >= 11 is 0. The van der Waals surface area contributed by atoms with Crippen LogP contribution in [0.2, 0.25) is 0 Å². The van der Waals surface area contributed by atoms with E-state index < -0.39 is 0 Å². The Morgan fingerprint density at radius 2 is 1.25 bits per heavy atom. The van der Waals surface area contributed by atoms with E-state index in [0.717, 1.165) is 26.2 Å². The first-order chi connectivity index (χ1) is 11.6. The van der Waals surface area contributed by atoms with Crippen molar-refractivity contribution in [1.82, 2.24) is 10.2 Å². The zero-order valence-electron chi connectivity index (χ0n) is 14.8. The fourth-order valence-corrected chi connectivity index (χ4v) is 5.15. The molecule has 126 valence electrons. The van der Waals surface area contributed by atoms with Gasteiger partial charge in [-0.1, -0.05) is 74.5 Å². The predicted molar refractivity (Wildman–Crippen MR) is 100 cm³/mol. The van der Waals surface area contributed by atoms with Crippen LogP contribution in [0.25, 0.3) is 0 Å². The first kappa shape index (κ1) is 15.9. The van der Waals surface area contributed by atoms with Crippen LogP contribution in [0.1, 0.15) is 37.4 Å². The number of fused-ring (bicyclic) bond motifs is 2. The molecule has 2 aromatic rings. The second-order valence-corrected chi connectivity index (χ2v) is 8.53. The Balaban J connectivity index is 1.74. The normalized spacial score (nSPS) is 30.5. The van der Waals surface area contributed by atoms with Crippen LogP contribution in [0.5, 0.6) is 0 Å². The number of nitrogens with one attached hydrogen (secondary N) is 1. The summed E-state index contributed by atoms with van der Waals surface area (Å²) in [6.07, 6.45) is 1.33. The molecule has 2 bridgehead atoms. The third-order valence-corrected chi connectivity index (χ3v) is 5.72. The van der Waals surface area contributed by atoms with Crippen molar-refractivity contribution in [3.05, 3.63) is 71.8 Å². The molecule has 2 saturated heterocycles. The first-order valence-corrected chi connectivity index (χ1v) is 9.12. The first-order valence-electron chi connectivity index (χ1n) is 9.12. The molecule has 24 heavy (non-hydrogen) atoms. The number of benzene rings is 2. The maximum Gasteiger partial charge on any atom is 0.0602 e. The number of hydrogen-bond acceptors (Lipinski definition) is 2. The smallest absolute Gasteiger partial charge is 0.0602 e. The molecule has 2 heteroatoms. The van der Waals surface area contributed by atoms with Crippen molar-refractivity contribution in [3.8, 4) is 0 Å². The van der Waals surface area contributed by atoms with Crippen LogP contribution in [0.4, 0.5) is 0 Å². The van der Waals surface area contributed by atoms with E-state index in [-0.39, 0.29) is 0 Å². The van der Waals surface area contributed by atoms with Crippen LogP contribution in [-0.2, 0) is 0 Å². The highest BCUT2D eigenvalue weighted by atomic mass is 15.2. The molecule has 1 N–H and O–H groups in total. The maximum atomic E-state index is 3.68. The highest BCUT2D eigenvalue weighted by molar-refractivity contribution is 5.32.